The highest BCUT2D eigenvalue weighted by Crippen LogP contribution is 2.20. The number of carbonyl (C=O) groups is 1. The molecule has 0 aliphatic rings. The molecule has 1 atom stereocenters. The highest BCUT2D eigenvalue weighted by atomic mass is 19.1. The lowest BCUT2D eigenvalue weighted by atomic mass is 10.1. The van der Waals surface area contributed by atoms with E-state index in [4.69, 9.17) is 10.8 Å². The Morgan fingerprint density at radius 1 is 1.53 bits per heavy atom. The number of halogens is 1. The average Bonchev–Trinajstić information content (AvgIpc) is 2.61. The molecule has 5 nitrogen and oxygen atoms in total. The van der Waals surface area contributed by atoms with Gasteiger partial charge in [-0.15, -0.1) is 0 Å². The first-order valence-electron chi connectivity index (χ1n) is 4.82. The minimum Gasteiger partial charge on any atom is -0.480 e. The van der Waals surface area contributed by atoms with E-state index in [-0.39, 0.29) is 17.7 Å². The fourth-order valence-corrected chi connectivity index (χ4v) is 1.64. The number of hydrogen-bond acceptors (Lipinski definition) is 2. The molecule has 6 N–H and O–H groups in total. The van der Waals surface area contributed by atoms with Gasteiger partial charge in [-0.25, -0.2) is 4.39 Å². The molecular formula is C11H13FN2O3. The Morgan fingerprint density at radius 3 is 2.88 bits per heavy atom. The predicted octanol–water partition coefficient (Wildman–Crippen LogP) is 0.437. The van der Waals surface area contributed by atoms with Gasteiger partial charge in [0.25, 0.3) is 0 Å². The molecule has 0 spiro atoms. The molecule has 92 valence electrons. The van der Waals surface area contributed by atoms with Crippen molar-refractivity contribution in [2.24, 2.45) is 5.73 Å². The summed E-state index contributed by atoms with van der Waals surface area (Å²) in [7, 11) is 0. The lowest BCUT2D eigenvalue weighted by Gasteiger charge is -2.04. The van der Waals surface area contributed by atoms with E-state index in [1.807, 2.05) is 0 Å². The zero-order valence-electron chi connectivity index (χ0n) is 8.90. The molecule has 0 aliphatic carbocycles. The lowest BCUT2D eigenvalue weighted by Crippen LogP contribution is -2.32. The second-order valence-corrected chi connectivity index (χ2v) is 3.65. The number of fused-ring (bicyclic) bond motifs is 1. The van der Waals surface area contributed by atoms with Gasteiger partial charge in [0, 0.05) is 23.5 Å². The van der Waals surface area contributed by atoms with Gasteiger partial charge in [-0.05, 0) is 23.8 Å². The maximum atomic E-state index is 13.0. The maximum Gasteiger partial charge on any atom is 0.320 e. The Balaban J connectivity index is 0.00000144. The average molecular weight is 240 g/mol. The Bertz CT molecular complexity index is 538. The van der Waals surface area contributed by atoms with Crippen molar-refractivity contribution >= 4 is 16.9 Å². The van der Waals surface area contributed by atoms with E-state index in [0.717, 1.165) is 5.52 Å². The van der Waals surface area contributed by atoms with Crippen LogP contribution in [0.5, 0.6) is 0 Å². The number of hydrogen-bond donors (Lipinski definition) is 3. The van der Waals surface area contributed by atoms with Crippen LogP contribution in [-0.4, -0.2) is 27.6 Å². The molecule has 0 radical (unpaired) electrons. The molecule has 0 amide bonds. The SMILES string of the molecule is N[C@@H](Cc1c[nH]c2ccc(F)cc12)C(=O)O.O. The number of nitrogens with one attached hydrogen (secondary N) is 1. The van der Waals surface area contributed by atoms with Gasteiger partial charge < -0.3 is 21.3 Å². The van der Waals surface area contributed by atoms with Gasteiger partial charge in [0.05, 0.1) is 0 Å². The highest BCUT2D eigenvalue weighted by Gasteiger charge is 2.14. The molecule has 0 aliphatic heterocycles. The van der Waals surface area contributed by atoms with Gasteiger partial charge >= 0.3 is 5.97 Å². The largest absolute Gasteiger partial charge is 0.480 e. The van der Waals surface area contributed by atoms with E-state index in [1.165, 1.54) is 12.1 Å². The smallest absolute Gasteiger partial charge is 0.320 e. The summed E-state index contributed by atoms with van der Waals surface area (Å²) >= 11 is 0. The molecule has 0 bridgehead atoms. The molecule has 0 unspecified atom stereocenters. The maximum absolute atomic E-state index is 13.0. The Kier molecular flexibility index (Phi) is 3.82. The van der Waals surface area contributed by atoms with Crippen molar-refractivity contribution in [3.05, 3.63) is 35.8 Å². The van der Waals surface area contributed by atoms with Crippen LogP contribution in [0.2, 0.25) is 0 Å². The third kappa shape index (κ3) is 2.61. The van der Waals surface area contributed by atoms with Crippen LogP contribution in [0.1, 0.15) is 5.56 Å². The summed E-state index contributed by atoms with van der Waals surface area (Å²) in [6.45, 7) is 0. The van der Waals surface area contributed by atoms with Gasteiger partial charge in [0.15, 0.2) is 0 Å². The molecule has 17 heavy (non-hydrogen) atoms. The second kappa shape index (κ2) is 4.94. The first-order valence-corrected chi connectivity index (χ1v) is 4.82. The first-order chi connectivity index (χ1) is 7.58. The fraction of sp³-hybridized carbons (Fsp3) is 0.182. The quantitative estimate of drug-likeness (QED) is 0.723. The van der Waals surface area contributed by atoms with E-state index >= 15 is 0 Å². The third-order valence-electron chi connectivity index (χ3n) is 2.49. The summed E-state index contributed by atoms with van der Waals surface area (Å²) in [5.74, 6) is -1.41. The van der Waals surface area contributed by atoms with Crippen LogP contribution in [0.3, 0.4) is 0 Å². The van der Waals surface area contributed by atoms with E-state index in [9.17, 15) is 9.18 Å². The molecule has 2 aromatic rings. The van der Waals surface area contributed by atoms with Crippen molar-refractivity contribution in [2.45, 2.75) is 12.5 Å². The van der Waals surface area contributed by atoms with Crippen LogP contribution >= 0.6 is 0 Å². The summed E-state index contributed by atoms with van der Waals surface area (Å²) < 4.78 is 13.0. The molecule has 0 saturated heterocycles. The molecular weight excluding hydrogens is 227 g/mol. The summed E-state index contributed by atoms with van der Waals surface area (Å²) in [6, 6.07) is 3.36. The van der Waals surface area contributed by atoms with Crippen LogP contribution in [0.25, 0.3) is 10.9 Å². The molecule has 1 aromatic heterocycles. The number of carboxylic acid groups (broad SMARTS) is 1. The number of aromatic amines is 1. The van der Waals surface area contributed by atoms with Crippen LogP contribution in [0, 0.1) is 5.82 Å². The number of benzene rings is 1. The van der Waals surface area contributed by atoms with Crippen molar-refractivity contribution in [1.82, 2.24) is 4.98 Å². The molecule has 2 rings (SSSR count). The van der Waals surface area contributed by atoms with Crippen molar-refractivity contribution in [3.63, 3.8) is 0 Å². The summed E-state index contributed by atoms with van der Waals surface area (Å²) in [4.78, 5) is 13.6. The van der Waals surface area contributed by atoms with Gasteiger partial charge in [0.1, 0.15) is 11.9 Å². The minimum absolute atomic E-state index is 0. The van der Waals surface area contributed by atoms with Crippen molar-refractivity contribution in [3.8, 4) is 0 Å². The van der Waals surface area contributed by atoms with Crippen LogP contribution < -0.4 is 5.73 Å². The number of rotatable bonds is 3. The van der Waals surface area contributed by atoms with Crippen LogP contribution in [-0.2, 0) is 11.2 Å². The van der Waals surface area contributed by atoms with Crippen LogP contribution in [0.4, 0.5) is 4.39 Å². The van der Waals surface area contributed by atoms with Gasteiger partial charge in [0.2, 0.25) is 0 Å². The number of H-pyrrole nitrogens is 1. The van der Waals surface area contributed by atoms with Crippen LogP contribution in [0.15, 0.2) is 24.4 Å². The zero-order chi connectivity index (χ0) is 11.7. The standard InChI is InChI=1S/C11H11FN2O2.H2O/c12-7-1-2-10-8(4-7)6(5-14-10)3-9(13)11(15)16;/h1-2,4-5,9,14H,3,13H2,(H,15,16);1H2/t9-;/m0./s1. The van der Waals surface area contributed by atoms with Crippen molar-refractivity contribution < 1.29 is 19.8 Å². The molecule has 1 aromatic carbocycles. The topological polar surface area (TPSA) is 111 Å². The number of aliphatic carboxylic acids is 1. The highest BCUT2D eigenvalue weighted by molar-refractivity contribution is 5.84. The van der Waals surface area contributed by atoms with Crippen molar-refractivity contribution in [2.75, 3.05) is 0 Å². The first kappa shape index (κ1) is 13.1. The predicted molar refractivity (Wildman–Crippen MR) is 61.2 cm³/mol. The lowest BCUT2D eigenvalue weighted by molar-refractivity contribution is -0.138. The Labute approximate surface area is 96.4 Å². The molecule has 1 heterocycles. The monoisotopic (exact) mass is 240 g/mol. The molecule has 0 saturated carbocycles. The normalized spacial score (nSPS) is 12.1. The summed E-state index contributed by atoms with van der Waals surface area (Å²) in [5.41, 5.74) is 6.91. The fourth-order valence-electron chi connectivity index (χ4n) is 1.64. The summed E-state index contributed by atoms with van der Waals surface area (Å²) in [5, 5.41) is 9.38. The number of nitrogens with two attached hydrogens (primary N) is 1. The zero-order valence-corrected chi connectivity index (χ0v) is 8.90. The van der Waals surface area contributed by atoms with Gasteiger partial charge in [-0.1, -0.05) is 0 Å². The van der Waals surface area contributed by atoms with E-state index in [0.29, 0.717) is 10.9 Å². The summed E-state index contributed by atoms with van der Waals surface area (Å²) in [6.07, 6.45) is 1.84. The van der Waals surface area contributed by atoms with E-state index < -0.39 is 12.0 Å². The number of carboxylic acids is 1. The number of aromatic nitrogens is 1. The Morgan fingerprint density at radius 2 is 2.24 bits per heavy atom. The van der Waals surface area contributed by atoms with Gasteiger partial charge in [-0.2, -0.15) is 0 Å². The van der Waals surface area contributed by atoms with E-state index in [1.54, 1.807) is 12.3 Å². The molecule has 0 fully saturated rings. The Hall–Kier alpha value is -1.92. The van der Waals surface area contributed by atoms with Gasteiger partial charge in [-0.3, -0.25) is 4.79 Å². The van der Waals surface area contributed by atoms with E-state index in [2.05, 4.69) is 4.98 Å². The molecule has 6 heteroatoms. The minimum atomic E-state index is -1.06. The third-order valence-corrected chi connectivity index (χ3v) is 2.49. The van der Waals surface area contributed by atoms with Crippen molar-refractivity contribution in [1.29, 1.82) is 0 Å². The second-order valence-electron chi connectivity index (χ2n) is 3.65.